The Bertz CT molecular complexity index is 385. The van der Waals surface area contributed by atoms with Crippen molar-refractivity contribution in [3.8, 4) is 0 Å². The first-order valence-corrected chi connectivity index (χ1v) is 5.95. The van der Waals surface area contributed by atoms with E-state index in [1.807, 2.05) is 18.2 Å². The zero-order valence-electron chi connectivity index (χ0n) is 7.81. The van der Waals surface area contributed by atoms with Crippen LogP contribution in [0.4, 0.5) is 0 Å². The van der Waals surface area contributed by atoms with Gasteiger partial charge in [0.15, 0.2) is 0 Å². The minimum atomic E-state index is -0.799. The van der Waals surface area contributed by atoms with E-state index < -0.39 is 12.0 Å². The van der Waals surface area contributed by atoms with Crippen molar-refractivity contribution in [3.05, 3.63) is 34.9 Å². The van der Waals surface area contributed by atoms with Crippen LogP contribution in [0.1, 0.15) is 10.9 Å². The molecule has 0 aliphatic carbocycles. The number of thioether (sulfide) groups is 1. The van der Waals surface area contributed by atoms with E-state index >= 15 is 0 Å². The molecule has 0 saturated carbocycles. The van der Waals surface area contributed by atoms with Gasteiger partial charge in [-0.3, -0.25) is 10.1 Å². The van der Waals surface area contributed by atoms with Crippen molar-refractivity contribution in [2.75, 3.05) is 5.75 Å². The first-order valence-electron chi connectivity index (χ1n) is 4.53. The number of hydrogen-bond donors (Lipinski definition) is 2. The number of halogens is 1. The number of benzene rings is 1. The molecule has 1 fully saturated rings. The normalized spacial score (nSPS) is 25.4. The molecule has 15 heavy (non-hydrogen) atoms. The molecular formula is C10H10ClNO2S. The summed E-state index contributed by atoms with van der Waals surface area (Å²) in [5, 5.41) is 12.6. The van der Waals surface area contributed by atoms with Gasteiger partial charge in [0.1, 0.15) is 6.04 Å². The molecule has 1 heterocycles. The molecule has 1 aliphatic rings. The fraction of sp³-hybridized carbons (Fsp3) is 0.300. The highest BCUT2D eigenvalue weighted by molar-refractivity contribution is 7.99. The van der Waals surface area contributed by atoms with Gasteiger partial charge < -0.3 is 5.11 Å². The van der Waals surface area contributed by atoms with Crippen LogP contribution < -0.4 is 5.32 Å². The predicted molar refractivity (Wildman–Crippen MR) is 61.2 cm³/mol. The summed E-state index contributed by atoms with van der Waals surface area (Å²) in [5.41, 5.74) is 1.02. The maximum atomic E-state index is 10.7. The van der Waals surface area contributed by atoms with Gasteiger partial charge in [0.25, 0.3) is 0 Å². The molecule has 1 aromatic carbocycles. The number of carbonyl (C=O) groups is 1. The Kier molecular flexibility index (Phi) is 3.19. The molecule has 3 nitrogen and oxygen atoms in total. The number of nitrogens with one attached hydrogen (secondary N) is 1. The molecule has 0 aromatic heterocycles. The lowest BCUT2D eigenvalue weighted by molar-refractivity contribution is -0.138. The second-order valence-electron chi connectivity index (χ2n) is 3.33. The van der Waals surface area contributed by atoms with Crippen LogP contribution in [0, 0.1) is 0 Å². The van der Waals surface area contributed by atoms with Crippen LogP contribution in [-0.4, -0.2) is 22.9 Å². The average Bonchev–Trinajstić information content (AvgIpc) is 2.66. The Morgan fingerprint density at radius 1 is 1.60 bits per heavy atom. The summed E-state index contributed by atoms with van der Waals surface area (Å²) in [4.78, 5) is 10.7. The van der Waals surface area contributed by atoms with Crippen LogP contribution in [0.25, 0.3) is 0 Å². The van der Waals surface area contributed by atoms with Crippen LogP contribution in [0.2, 0.25) is 5.02 Å². The van der Waals surface area contributed by atoms with Crippen molar-refractivity contribution in [1.82, 2.24) is 5.32 Å². The second kappa shape index (κ2) is 4.43. The first-order chi connectivity index (χ1) is 7.16. The molecule has 2 atom stereocenters. The maximum absolute atomic E-state index is 10.7. The molecule has 2 rings (SSSR count). The van der Waals surface area contributed by atoms with Crippen molar-refractivity contribution in [3.63, 3.8) is 0 Å². The van der Waals surface area contributed by atoms with Crippen LogP contribution in [0.3, 0.4) is 0 Å². The van der Waals surface area contributed by atoms with E-state index in [0.717, 1.165) is 5.56 Å². The number of carboxylic acids is 1. The van der Waals surface area contributed by atoms with Gasteiger partial charge in [0.2, 0.25) is 0 Å². The summed E-state index contributed by atoms with van der Waals surface area (Å²) in [6, 6.07) is 7.02. The van der Waals surface area contributed by atoms with Gasteiger partial charge in [0, 0.05) is 10.8 Å². The number of hydrogen-bond acceptors (Lipinski definition) is 3. The highest BCUT2D eigenvalue weighted by atomic mass is 35.5. The van der Waals surface area contributed by atoms with Gasteiger partial charge in [-0.2, -0.15) is 0 Å². The summed E-state index contributed by atoms with van der Waals surface area (Å²) in [6.07, 6.45) is 0. The standard InChI is InChI=1S/C10H10ClNO2S/c11-7-3-1-2-6(4-7)9-12-8(5-15-9)10(13)14/h1-4,8-9,12H,5H2,(H,13,14)/t8?,9-/m1/s1. The van der Waals surface area contributed by atoms with Gasteiger partial charge in [0.05, 0.1) is 5.37 Å². The molecule has 5 heteroatoms. The van der Waals surface area contributed by atoms with Crippen LogP contribution in [0.5, 0.6) is 0 Å². The van der Waals surface area contributed by atoms with Gasteiger partial charge in [-0.05, 0) is 17.7 Å². The van der Waals surface area contributed by atoms with Gasteiger partial charge >= 0.3 is 5.97 Å². The van der Waals surface area contributed by atoms with Crippen molar-refractivity contribution < 1.29 is 9.90 Å². The monoisotopic (exact) mass is 243 g/mol. The van der Waals surface area contributed by atoms with E-state index in [1.165, 1.54) is 0 Å². The van der Waals surface area contributed by atoms with Gasteiger partial charge in [-0.1, -0.05) is 23.7 Å². The molecule has 1 saturated heterocycles. The molecule has 1 aromatic rings. The molecule has 1 aliphatic heterocycles. The van der Waals surface area contributed by atoms with Gasteiger partial charge in [-0.15, -0.1) is 11.8 Å². The zero-order chi connectivity index (χ0) is 10.8. The zero-order valence-corrected chi connectivity index (χ0v) is 9.39. The summed E-state index contributed by atoms with van der Waals surface area (Å²) in [6.45, 7) is 0. The van der Waals surface area contributed by atoms with Crippen LogP contribution in [0.15, 0.2) is 24.3 Å². The molecule has 0 bridgehead atoms. The quantitative estimate of drug-likeness (QED) is 0.836. The molecule has 0 radical (unpaired) electrons. The third-order valence-corrected chi connectivity index (χ3v) is 3.73. The Morgan fingerprint density at radius 3 is 3.00 bits per heavy atom. The fourth-order valence-corrected chi connectivity index (χ4v) is 2.90. The van der Waals surface area contributed by atoms with Crippen molar-refractivity contribution in [2.24, 2.45) is 0 Å². The highest BCUT2D eigenvalue weighted by Gasteiger charge is 2.30. The van der Waals surface area contributed by atoms with E-state index in [9.17, 15) is 4.79 Å². The van der Waals surface area contributed by atoms with Crippen molar-refractivity contribution in [2.45, 2.75) is 11.4 Å². The number of rotatable bonds is 2. The average molecular weight is 244 g/mol. The third-order valence-electron chi connectivity index (χ3n) is 2.23. The fourth-order valence-electron chi connectivity index (χ4n) is 1.48. The van der Waals surface area contributed by atoms with E-state index in [-0.39, 0.29) is 5.37 Å². The summed E-state index contributed by atoms with van der Waals surface area (Å²) < 4.78 is 0. The molecule has 80 valence electrons. The second-order valence-corrected chi connectivity index (χ2v) is 4.90. The minimum absolute atomic E-state index is 0.0322. The van der Waals surface area contributed by atoms with Crippen LogP contribution >= 0.6 is 23.4 Å². The Labute approximate surface area is 96.8 Å². The van der Waals surface area contributed by atoms with E-state index in [1.54, 1.807) is 17.8 Å². The molecule has 2 N–H and O–H groups in total. The smallest absolute Gasteiger partial charge is 0.321 e. The van der Waals surface area contributed by atoms with Crippen molar-refractivity contribution in [1.29, 1.82) is 0 Å². The Hall–Kier alpha value is -0.710. The number of aliphatic carboxylic acids is 1. The summed E-state index contributed by atoms with van der Waals surface area (Å²) in [5.74, 6) is -0.209. The number of carboxylic acid groups (broad SMARTS) is 1. The molecule has 0 spiro atoms. The SMILES string of the molecule is O=C(O)C1CS[C@H](c2cccc(Cl)c2)N1. The molecular weight excluding hydrogens is 234 g/mol. The Balaban J connectivity index is 2.11. The third kappa shape index (κ3) is 2.45. The lowest BCUT2D eigenvalue weighted by atomic mass is 10.2. The lowest BCUT2D eigenvalue weighted by Gasteiger charge is -2.11. The van der Waals surface area contributed by atoms with Crippen LogP contribution in [-0.2, 0) is 4.79 Å². The van der Waals surface area contributed by atoms with E-state index in [4.69, 9.17) is 16.7 Å². The molecule has 1 unspecified atom stereocenters. The van der Waals surface area contributed by atoms with Gasteiger partial charge in [-0.25, -0.2) is 0 Å². The maximum Gasteiger partial charge on any atom is 0.321 e. The predicted octanol–water partition coefficient (Wildman–Crippen LogP) is 2.13. The topological polar surface area (TPSA) is 49.3 Å². The summed E-state index contributed by atoms with van der Waals surface area (Å²) in [7, 11) is 0. The summed E-state index contributed by atoms with van der Waals surface area (Å²) >= 11 is 7.46. The first kappa shape index (κ1) is 10.8. The minimum Gasteiger partial charge on any atom is -0.480 e. The lowest BCUT2D eigenvalue weighted by Crippen LogP contribution is -2.33. The van der Waals surface area contributed by atoms with Crippen molar-refractivity contribution >= 4 is 29.3 Å². The van der Waals surface area contributed by atoms with E-state index in [2.05, 4.69) is 5.32 Å². The highest BCUT2D eigenvalue weighted by Crippen LogP contribution is 2.33. The van der Waals surface area contributed by atoms with E-state index in [0.29, 0.717) is 10.8 Å². The molecule has 0 amide bonds. The Morgan fingerprint density at radius 2 is 2.40 bits per heavy atom. The largest absolute Gasteiger partial charge is 0.480 e.